The predicted octanol–water partition coefficient (Wildman–Crippen LogP) is 1.12. The summed E-state index contributed by atoms with van der Waals surface area (Å²) in [6, 6.07) is 3.68. The Hall–Kier alpha value is -2.77. The van der Waals surface area contributed by atoms with E-state index in [4.69, 9.17) is 4.84 Å². The van der Waals surface area contributed by atoms with Crippen LogP contribution < -0.4 is 0 Å². The molecule has 8 heteroatoms. The minimum absolute atomic E-state index is 0.0139. The van der Waals surface area contributed by atoms with Crippen molar-refractivity contribution >= 4 is 23.5 Å². The van der Waals surface area contributed by atoms with Gasteiger partial charge in [0.1, 0.15) is 0 Å². The van der Waals surface area contributed by atoms with Crippen LogP contribution in [0.25, 0.3) is 0 Å². The van der Waals surface area contributed by atoms with Crippen LogP contribution in [0.4, 0.5) is 5.69 Å². The third-order valence-corrected chi connectivity index (χ3v) is 2.83. The molecule has 0 unspecified atom stereocenters. The summed E-state index contributed by atoms with van der Waals surface area (Å²) in [6.45, 7) is 1.56. The Morgan fingerprint density at radius 1 is 1.30 bits per heavy atom. The summed E-state index contributed by atoms with van der Waals surface area (Å²) in [5, 5.41) is 11.1. The molecule has 0 aliphatic carbocycles. The average Bonchev–Trinajstić information content (AvgIpc) is 2.70. The highest BCUT2D eigenvalue weighted by Gasteiger charge is 2.33. The van der Waals surface area contributed by atoms with Crippen LogP contribution in [0.1, 0.15) is 28.8 Å². The molecular weight excluding hydrogens is 268 g/mol. The van der Waals surface area contributed by atoms with E-state index < -0.39 is 22.7 Å². The van der Waals surface area contributed by atoms with Crippen molar-refractivity contribution in [3.8, 4) is 0 Å². The van der Waals surface area contributed by atoms with Crippen LogP contribution in [0.3, 0.4) is 0 Å². The first kappa shape index (κ1) is 13.7. The van der Waals surface area contributed by atoms with E-state index in [-0.39, 0.29) is 24.1 Å². The number of hydroxylamine groups is 2. The molecule has 0 bridgehead atoms. The van der Waals surface area contributed by atoms with Gasteiger partial charge in [0.15, 0.2) is 0 Å². The van der Waals surface area contributed by atoms with Crippen LogP contribution in [-0.2, 0) is 14.4 Å². The molecule has 0 atom stereocenters. The first-order chi connectivity index (χ1) is 9.40. The highest BCUT2D eigenvalue weighted by molar-refractivity contribution is 6.03. The number of nitro benzene ring substituents is 1. The SMILES string of the molecule is Cc1ccc([N+](=O)[O-])cc1C(=O)ON1C(=O)CCC1=O. The summed E-state index contributed by atoms with van der Waals surface area (Å²) in [7, 11) is 0. The lowest BCUT2D eigenvalue weighted by Crippen LogP contribution is -2.32. The van der Waals surface area contributed by atoms with Gasteiger partial charge in [-0.2, -0.15) is 0 Å². The molecule has 0 aromatic heterocycles. The highest BCUT2D eigenvalue weighted by atomic mass is 16.7. The first-order valence-corrected chi connectivity index (χ1v) is 5.73. The van der Waals surface area contributed by atoms with Gasteiger partial charge in [0.2, 0.25) is 0 Å². The van der Waals surface area contributed by atoms with Crippen molar-refractivity contribution in [2.45, 2.75) is 19.8 Å². The number of non-ortho nitro benzene ring substituents is 1. The van der Waals surface area contributed by atoms with Crippen LogP contribution in [0.5, 0.6) is 0 Å². The third kappa shape index (κ3) is 2.48. The summed E-state index contributed by atoms with van der Waals surface area (Å²) in [5.41, 5.74) is 0.105. The molecule has 2 amide bonds. The van der Waals surface area contributed by atoms with Gasteiger partial charge in [-0.15, -0.1) is 5.06 Å². The second kappa shape index (κ2) is 5.08. The van der Waals surface area contributed by atoms with Crippen LogP contribution in [0.15, 0.2) is 18.2 Å². The third-order valence-electron chi connectivity index (χ3n) is 2.83. The number of imide groups is 1. The quantitative estimate of drug-likeness (QED) is 0.466. The molecule has 1 aromatic rings. The van der Waals surface area contributed by atoms with Crippen molar-refractivity contribution in [2.24, 2.45) is 0 Å². The summed E-state index contributed by atoms with van der Waals surface area (Å²) < 4.78 is 0. The molecule has 1 saturated heterocycles. The van der Waals surface area contributed by atoms with Crippen molar-refractivity contribution in [1.82, 2.24) is 5.06 Å². The first-order valence-electron chi connectivity index (χ1n) is 5.73. The van der Waals surface area contributed by atoms with Gasteiger partial charge in [0.25, 0.3) is 17.5 Å². The minimum atomic E-state index is -0.977. The molecule has 1 aromatic carbocycles. The fourth-order valence-corrected chi connectivity index (χ4v) is 1.73. The van der Waals surface area contributed by atoms with E-state index in [9.17, 15) is 24.5 Å². The molecule has 1 heterocycles. The zero-order chi connectivity index (χ0) is 14.9. The maximum atomic E-state index is 11.9. The molecule has 1 fully saturated rings. The van der Waals surface area contributed by atoms with E-state index in [1.54, 1.807) is 6.92 Å². The molecule has 0 saturated carbocycles. The number of hydrogen-bond donors (Lipinski definition) is 0. The second-order valence-electron chi connectivity index (χ2n) is 4.22. The van der Waals surface area contributed by atoms with Crippen molar-refractivity contribution < 1.29 is 24.1 Å². The molecule has 8 nitrogen and oxygen atoms in total. The smallest absolute Gasteiger partial charge is 0.325 e. The zero-order valence-corrected chi connectivity index (χ0v) is 10.5. The summed E-state index contributed by atoms with van der Waals surface area (Å²) in [4.78, 5) is 49.3. The Morgan fingerprint density at radius 3 is 2.45 bits per heavy atom. The van der Waals surface area contributed by atoms with Crippen molar-refractivity contribution in [2.75, 3.05) is 0 Å². The van der Waals surface area contributed by atoms with Gasteiger partial charge < -0.3 is 4.84 Å². The predicted molar refractivity (Wildman–Crippen MR) is 64.3 cm³/mol. The van der Waals surface area contributed by atoms with Crippen LogP contribution in [0.2, 0.25) is 0 Å². The largest absolute Gasteiger partial charge is 0.364 e. The van der Waals surface area contributed by atoms with E-state index in [1.807, 2.05) is 0 Å². The number of carbonyl (C=O) groups is 3. The number of benzene rings is 1. The Bertz CT molecular complexity index is 608. The number of carbonyl (C=O) groups excluding carboxylic acids is 3. The molecule has 0 N–H and O–H groups in total. The molecular formula is C12H10N2O6. The highest BCUT2D eigenvalue weighted by Crippen LogP contribution is 2.20. The molecule has 20 heavy (non-hydrogen) atoms. The Labute approximate surface area is 113 Å². The standard InChI is InChI=1S/C12H10N2O6/c1-7-2-3-8(14(18)19)6-9(7)12(17)20-13-10(15)4-5-11(13)16/h2-3,6H,4-5H2,1H3. The van der Waals surface area contributed by atoms with Crippen LogP contribution in [0, 0.1) is 17.0 Å². The number of nitro groups is 1. The fraction of sp³-hybridized carbons (Fsp3) is 0.250. The van der Waals surface area contributed by atoms with E-state index >= 15 is 0 Å². The maximum Gasteiger partial charge on any atom is 0.364 e. The van der Waals surface area contributed by atoms with E-state index in [0.717, 1.165) is 6.07 Å². The summed E-state index contributed by atoms with van der Waals surface area (Å²) in [5.74, 6) is -2.19. The number of amides is 2. The Balaban J connectivity index is 2.25. The molecule has 1 aliphatic heterocycles. The lowest BCUT2D eigenvalue weighted by Gasteiger charge is -2.13. The number of nitrogens with zero attached hydrogens (tertiary/aromatic N) is 2. The monoisotopic (exact) mass is 278 g/mol. The molecule has 2 rings (SSSR count). The Morgan fingerprint density at radius 2 is 1.90 bits per heavy atom. The van der Waals surface area contributed by atoms with Crippen molar-refractivity contribution in [3.63, 3.8) is 0 Å². The number of aryl methyl sites for hydroxylation is 1. The van der Waals surface area contributed by atoms with Gasteiger partial charge in [0.05, 0.1) is 10.5 Å². The van der Waals surface area contributed by atoms with Gasteiger partial charge in [-0.3, -0.25) is 19.7 Å². The molecule has 1 aliphatic rings. The minimum Gasteiger partial charge on any atom is -0.325 e. The van der Waals surface area contributed by atoms with Crippen LogP contribution in [-0.4, -0.2) is 27.8 Å². The van der Waals surface area contributed by atoms with Crippen molar-refractivity contribution in [1.29, 1.82) is 0 Å². The fourth-order valence-electron chi connectivity index (χ4n) is 1.73. The van der Waals surface area contributed by atoms with Gasteiger partial charge in [0, 0.05) is 25.0 Å². The Kier molecular flexibility index (Phi) is 3.47. The van der Waals surface area contributed by atoms with E-state index in [0.29, 0.717) is 10.6 Å². The lowest BCUT2D eigenvalue weighted by atomic mass is 10.1. The van der Waals surface area contributed by atoms with Crippen molar-refractivity contribution in [3.05, 3.63) is 39.4 Å². The van der Waals surface area contributed by atoms with E-state index in [2.05, 4.69) is 0 Å². The van der Waals surface area contributed by atoms with Gasteiger partial charge >= 0.3 is 5.97 Å². The van der Waals surface area contributed by atoms with Gasteiger partial charge in [-0.05, 0) is 12.5 Å². The number of hydrogen-bond acceptors (Lipinski definition) is 6. The zero-order valence-electron chi connectivity index (χ0n) is 10.5. The summed E-state index contributed by atoms with van der Waals surface area (Å²) >= 11 is 0. The normalized spacial score (nSPS) is 14.6. The van der Waals surface area contributed by atoms with Crippen LogP contribution >= 0.6 is 0 Å². The van der Waals surface area contributed by atoms with Gasteiger partial charge in [-0.1, -0.05) is 6.07 Å². The number of rotatable bonds is 3. The molecule has 0 spiro atoms. The summed E-state index contributed by atoms with van der Waals surface area (Å²) in [6.07, 6.45) is -0.0277. The lowest BCUT2D eigenvalue weighted by molar-refractivity contribution is -0.384. The van der Waals surface area contributed by atoms with Gasteiger partial charge in [-0.25, -0.2) is 4.79 Å². The topological polar surface area (TPSA) is 107 Å². The second-order valence-corrected chi connectivity index (χ2v) is 4.22. The molecule has 104 valence electrons. The average molecular weight is 278 g/mol. The van der Waals surface area contributed by atoms with E-state index in [1.165, 1.54) is 12.1 Å². The molecule has 0 radical (unpaired) electrons. The maximum absolute atomic E-state index is 11.9.